The zero-order valence-corrected chi connectivity index (χ0v) is 13.3. The Hall–Kier alpha value is -1.91. The van der Waals surface area contributed by atoms with Gasteiger partial charge in [-0.25, -0.2) is 4.39 Å². The second kappa shape index (κ2) is 7.11. The SMILES string of the molecule is O=C(Nc1ccc(F)cc1-c1ccc(Cl)cc1)C1CCOCC1. The van der Waals surface area contributed by atoms with Crippen LogP contribution in [0.4, 0.5) is 10.1 Å². The van der Waals surface area contributed by atoms with Gasteiger partial charge in [0.15, 0.2) is 0 Å². The zero-order valence-electron chi connectivity index (χ0n) is 12.5. The van der Waals surface area contributed by atoms with Gasteiger partial charge in [-0.3, -0.25) is 4.79 Å². The van der Waals surface area contributed by atoms with E-state index in [0.29, 0.717) is 42.3 Å². The summed E-state index contributed by atoms with van der Waals surface area (Å²) in [7, 11) is 0. The molecule has 0 bridgehead atoms. The maximum atomic E-state index is 13.6. The van der Waals surface area contributed by atoms with Crippen LogP contribution in [0.2, 0.25) is 5.02 Å². The average molecular weight is 334 g/mol. The van der Waals surface area contributed by atoms with Crippen molar-refractivity contribution in [2.45, 2.75) is 12.8 Å². The van der Waals surface area contributed by atoms with Gasteiger partial charge in [-0.2, -0.15) is 0 Å². The van der Waals surface area contributed by atoms with Crippen LogP contribution in [0.5, 0.6) is 0 Å². The Kier molecular flexibility index (Phi) is 4.94. The smallest absolute Gasteiger partial charge is 0.227 e. The normalized spacial score (nSPS) is 15.4. The first-order chi connectivity index (χ1) is 11.1. The van der Waals surface area contributed by atoms with E-state index >= 15 is 0 Å². The molecule has 5 heteroatoms. The van der Waals surface area contributed by atoms with E-state index in [0.717, 1.165) is 5.56 Å². The molecular weight excluding hydrogens is 317 g/mol. The van der Waals surface area contributed by atoms with E-state index in [4.69, 9.17) is 16.3 Å². The number of ether oxygens (including phenoxy) is 1. The van der Waals surface area contributed by atoms with Gasteiger partial charge in [-0.05, 0) is 48.7 Å². The lowest BCUT2D eigenvalue weighted by molar-refractivity contribution is -0.122. The van der Waals surface area contributed by atoms with Crippen LogP contribution < -0.4 is 5.32 Å². The topological polar surface area (TPSA) is 38.3 Å². The van der Waals surface area contributed by atoms with E-state index in [-0.39, 0.29) is 17.6 Å². The first kappa shape index (κ1) is 16.0. The lowest BCUT2D eigenvalue weighted by Crippen LogP contribution is -2.28. The van der Waals surface area contributed by atoms with Crippen LogP contribution in [0, 0.1) is 11.7 Å². The second-order valence-electron chi connectivity index (χ2n) is 5.57. The Labute approximate surface area is 139 Å². The molecule has 2 aromatic rings. The number of rotatable bonds is 3. The molecule has 0 atom stereocenters. The minimum Gasteiger partial charge on any atom is -0.381 e. The summed E-state index contributed by atoms with van der Waals surface area (Å²) in [6, 6.07) is 11.5. The number of nitrogens with one attached hydrogen (secondary N) is 1. The monoisotopic (exact) mass is 333 g/mol. The van der Waals surface area contributed by atoms with E-state index in [9.17, 15) is 9.18 Å². The number of anilines is 1. The Morgan fingerprint density at radius 3 is 2.52 bits per heavy atom. The van der Waals surface area contributed by atoms with E-state index in [2.05, 4.69) is 5.32 Å². The molecule has 0 radical (unpaired) electrons. The third-order valence-corrected chi connectivity index (χ3v) is 4.24. The van der Waals surface area contributed by atoms with Crippen LogP contribution in [-0.4, -0.2) is 19.1 Å². The summed E-state index contributed by atoms with van der Waals surface area (Å²) in [6.45, 7) is 1.21. The Balaban J connectivity index is 1.86. The maximum Gasteiger partial charge on any atom is 0.227 e. The van der Waals surface area contributed by atoms with Gasteiger partial charge in [0.05, 0.1) is 0 Å². The van der Waals surface area contributed by atoms with E-state index < -0.39 is 0 Å². The Morgan fingerprint density at radius 1 is 1.13 bits per heavy atom. The van der Waals surface area contributed by atoms with Crippen molar-refractivity contribution >= 4 is 23.2 Å². The number of amides is 1. The molecule has 0 aromatic heterocycles. The van der Waals surface area contributed by atoms with E-state index in [1.165, 1.54) is 12.1 Å². The molecule has 2 aromatic carbocycles. The molecule has 3 rings (SSSR count). The number of carbonyl (C=O) groups excluding carboxylic acids is 1. The first-order valence-corrected chi connectivity index (χ1v) is 7.95. The van der Waals surface area contributed by atoms with Gasteiger partial charge < -0.3 is 10.1 Å². The standard InChI is InChI=1S/C18H17ClFNO2/c19-14-3-1-12(2-4-14)16-11-15(20)5-6-17(16)21-18(22)13-7-9-23-10-8-13/h1-6,11,13H,7-10H2,(H,21,22). The van der Waals surface area contributed by atoms with Crippen LogP contribution in [0.25, 0.3) is 11.1 Å². The first-order valence-electron chi connectivity index (χ1n) is 7.57. The largest absolute Gasteiger partial charge is 0.381 e. The van der Waals surface area contributed by atoms with Gasteiger partial charge in [0, 0.05) is 35.4 Å². The Bertz CT molecular complexity index is 697. The van der Waals surface area contributed by atoms with Gasteiger partial charge in [-0.1, -0.05) is 23.7 Å². The number of hydrogen-bond acceptors (Lipinski definition) is 2. The van der Waals surface area contributed by atoms with Gasteiger partial charge in [0.25, 0.3) is 0 Å². The third-order valence-electron chi connectivity index (χ3n) is 3.99. The molecule has 1 N–H and O–H groups in total. The molecule has 1 amide bonds. The summed E-state index contributed by atoms with van der Waals surface area (Å²) in [5, 5.41) is 3.54. The lowest BCUT2D eigenvalue weighted by atomic mass is 9.98. The van der Waals surface area contributed by atoms with Gasteiger partial charge >= 0.3 is 0 Å². The highest BCUT2D eigenvalue weighted by molar-refractivity contribution is 6.30. The molecule has 1 aliphatic heterocycles. The molecule has 0 saturated carbocycles. The van der Waals surface area contributed by atoms with Crippen LogP contribution in [0.1, 0.15) is 12.8 Å². The molecule has 1 heterocycles. The number of benzene rings is 2. The zero-order chi connectivity index (χ0) is 16.2. The minimum atomic E-state index is -0.348. The Morgan fingerprint density at radius 2 is 1.83 bits per heavy atom. The third kappa shape index (κ3) is 3.89. The average Bonchev–Trinajstić information content (AvgIpc) is 2.58. The van der Waals surface area contributed by atoms with E-state index in [1.54, 1.807) is 30.3 Å². The predicted molar refractivity (Wildman–Crippen MR) is 89.0 cm³/mol. The fourth-order valence-electron chi connectivity index (χ4n) is 2.69. The second-order valence-corrected chi connectivity index (χ2v) is 6.01. The van der Waals surface area contributed by atoms with Crippen molar-refractivity contribution in [3.63, 3.8) is 0 Å². The lowest BCUT2D eigenvalue weighted by Gasteiger charge is -2.22. The highest BCUT2D eigenvalue weighted by Crippen LogP contribution is 2.30. The number of carbonyl (C=O) groups is 1. The maximum absolute atomic E-state index is 13.6. The molecular formula is C18H17ClFNO2. The fraction of sp³-hybridized carbons (Fsp3) is 0.278. The van der Waals surface area contributed by atoms with Crippen molar-refractivity contribution in [3.05, 3.63) is 53.3 Å². The van der Waals surface area contributed by atoms with Crippen LogP contribution in [0.15, 0.2) is 42.5 Å². The molecule has 1 aliphatic rings. The van der Waals surface area contributed by atoms with Crippen LogP contribution in [0.3, 0.4) is 0 Å². The van der Waals surface area contributed by atoms with Crippen LogP contribution >= 0.6 is 11.6 Å². The summed E-state index contributed by atoms with van der Waals surface area (Å²) < 4.78 is 18.9. The van der Waals surface area contributed by atoms with Crippen molar-refractivity contribution in [2.75, 3.05) is 18.5 Å². The fourth-order valence-corrected chi connectivity index (χ4v) is 2.81. The molecule has 0 spiro atoms. The molecule has 1 saturated heterocycles. The summed E-state index contributed by atoms with van der Waals surface area (Å²) in [6.07, 6.45) is 1.42. The molecule has 0 aliphatic carbocycles. The summed E-state index contributed by atoms with van der Waals surface area (Å²) >= 11 is 5.90. The van der Waals surface area contributed by atoms with Gasteiger partial charge in [0.1, 0.15) is 5.82 Å². The van der Waals surface area contributed by atoms with Crippen molar-refractivity contribution in [1.82, 2.24) is 0 Å². The van der Waals surface area contributed by atoms with Crippen molar-refractivity contribution < 1.29 is 13.9 Å². The van der Waals surface area contributed by atoms with Crippen molar-refractivity contribution in [2.24, 2.45) is 5.92 Å². The van der Waals surface area contributed by atoms with Gasteiger partial charge in [0.2, 0.25) is 5.91 Å². The summed E-state index contributed by atoms with van der Waals surface area (Å²) in [5.74, 6) is -0.457. The number of hydrogen-bond donors (Lipinski definition) is 1. The van der Waals surface area contributed by atoms with Gasteiger partial charge in [-0.15, -0.1) is 0 Å². The molecule has 23 heavy (non-hydrogen) atoms. The highest BCUT2D eigenvalue weighted by Gasteiger charge is 2.22. The number of halogens is 2. The molecule has 1 fully saturated rings. The van der Waals surface area contributed by atoms with Crippen molar-refractivity contribution in [3.8, 4) is 11.1 Å². The van der Waals surface area contributed by atoms with Crippen LogP contribution in [-0.2, 0) is 9.53 Å². The highest BCUT2D eigenvalue weighted by atomic mass is 35.5. The molecule has 120 valence electrons. The molecule has 0 unspecified atom stereocenters. The summed E-state index contributed by atoms with van der Waals surface area (Å²) in [4.78, 5) is 12.4. The predicted octanol–water partition coefficient (Wildman–Crippen LogP) is 4.51. The quantitative estimate of drug-likeness (QED) is 0.897. The molecule has 3 nitrogen and oxygen atoms in total. The van der Waals surface area contributed by atoms with Crippen molar-refractivity contribution in [1.29, 1.82) is 0 Å². The minimum absolute atomic E-state index is 0.0462. The van der Waals surface area contributed by atoms with E-state index in [1.807, 2.05) is 0 Å². The summed E-state index contributed by atoms with van der Waals surface area (Å²) in [5.41, 5.74) is 2.04.